The summed E-state index contributed by atoms with van der Waals surface area (Å²) < 4.78 is 0. The molecule has 1 fully saturated rings. The smallest absolute Gasteiger partial charge is 0.227 e. The van der Waals surface area contributed by atoms with Gasteiger partial charge in [-0.15, -0.1) is 0 Å². The van der Waals surface area contributed by atoms with Gasteiger partial charge in [0.25, 0.3) is 0 Å². The Hall–Kier alpha value is -0.790. The summed E-state index contributed by atoms with van der Waals surface area (Å²) in [7, 11) is 0. The highest BCUT2D eigenvalue weighted by Crippen LogP contribution is 2.30. The van der Waals surface area contributed by atoms with E-state index in [9.17, 15) is 4.79 Å². The minimum Gasteiger partial charge on any atom is -0.333 e. The van der Waals surface area contributed by atoms with Gasteiger partial charge in [0.05, 0.1) is 0 Å². The van der Waals surface area contributed by atoms with Gasteiger partial charge in [-0.1, -0.05) is 38.2 Å². The lowest BCUT2D eigenvalue weighted by atomic mass is 9.83. The molecule has 2 unspecified atom stereocenters. The maximum Gasteiger partial charge on any atom is 0.227 e. The molecule has 1 saturated carbocycles. The molecule has 2 nitrogen and oxygen atoms in total. The topological polar surface area (TPSA) is 29.1 Å². The molecule has 0 saturated heterocycles. The van der Waals surface area contributed by atoms with Crippen LogP contribution in [-0.2, 0) is 4.79 Å². The van der Waals surface area contributed by atoms with Crippen molar-refractivity contribution in [3.05, 3.63) is 12.3 Å². The Morgan fingerprint density at radius 2 is 1.79 bits per heavy atom. The summed E-state index contributed by atoms with van der Waals surface area (Å²) in [5.74, 6) is 1.03. The van der Waals surface area contributed by atoms with E-state index in [1.54, 1.807) is 0 Å². The molecule has 0 bridgehead atoms. The molecular formula is C12H19NO. The van der Waals surface area contributed by atoms with E-state index in [1.165, 1.54) is 38.5 Å². The van der Waals surface area contributed by atoms with Crippen LogP contribution in [0.2, 0.25) is 0 Å². The Balaban J connectivity index is 2.05. The molecule has 1 aliphatic carbocycles. The van der Waals surface area contributed by atoms with Gasteiger partial charge in [0, 0.05) is 12.1 Å². The second-order valence-corrected chi connectivity index (χ2v) is 4.48. The van der Waals surface area contributed by atoms with E-state index < -0.39 is 0 Å². The molecule has 2 rings (SSSR count). The first kappa shape index (κ1) is 9.75. The average molecular weight is 193 g/mol. The van der Waals surface area contributed by atoms with Gasteiger partial charge >= 0.3 is 0 Å². The zero-order valence-electron chi connectivity index (χ0n) is 8.67. The number of carbonyl (C=O) groups excluding carboxylic acids is 1. The third kappa shape index (κ3) is 2.17. The second-order valence-electron chi connectivity index (χ2n) is 4.48. The lowest BCUT2D eigenvalue weighted by Crippen LogP contribution is -2.35. The first-order valence-corrected chi connectivity index (χ1v) is 5.85. The largest absolute Gasteiger partial charge is 0.333 e. The van der Waals surface area contributed by atoms with Crippen LogP contribution in [0, 0.1) is 11.8 Å². The van der Waals surface area contributed by atoms with Crippen LogP contribution >= 0.6 is 0 Å². The molecule has 1 aliphatic heterocycles. The zero-order chi connectivity index (χ0) is 9.80. The highest BCUT2D eigenvalue weighted by atomic mass is 16.1. The molecule has 0 aromatic carbocycles. The first-order valence-electron chi connectivity index (χ1n) is 5.85. The summed E-state index contributed by atoms with van der Waals surface area (Å²) in [6, 6.07) is 0. The summed E-state index contributed by atoms with van der Waals surface area (Å²) in [5, 5.41) is 2.83. The standard InChI is InChI=1S/C12H19NO/c14-12-11-7-5-3-1-2-4-6-10(11)8-9-13-12/h8-11H,1-7H2,(H,13,14). The maximum atomic E-state index is 11.6. The highest BCUT2D eigenvalue weighted by Gasteiger charge is 2.28. The molecular weight excluding hydrogens is 174 g/mol. The monoisotopic (exact) mass is 193 g/mol. The van der Waals surface area contributed by atoms with Gasteiger partial charge in [0.2, 0.25) is 5.91 Å². The van der Waals surface area contributed by atoms with Crippen molar-refractivity contribution >= 4 is 5.91 Å². The summed E-state index contributed by atoms with van der Waals surface area (Å²) in [6.45, 7) is 0. The Morgan fingerprint density at radius 1 is 1.07 bits per heavy atom. The number of allylic oxidation sites excluding steroid dienone is 1. The molecule has 2 heteroatoms. The van der Waals surface area contributed by atoms with E-state index in [2.05, 4.69) is 11.4 Å². The molecule has 2 atom stereocenters. The van der Waals surface area contributed by atoms with Crippen molar-refractivity contribution in [2.24, 2.45) is 11.8 Å². The molecule has 0 radical (unpaired) electrons. The molecule has 0 aromatic rings. The van der Waals surface area contributed by atoms with Crippen molar-refractivity contribution in [1.82, 2.24) is 5.32 Å². The van der Waals surface area contributed by atoms with Crippen molar-refractivity contribution in [2.45, 2.75) is 44.9 Å². The zero-order valence-corrected chi connectivity index (χ0v) is 8.67. The fourth-order valence-electron chi connectivity index (χ4n) is 2.61. The second kappa shape index (κ2) is 4.63. The Labute approximate surface area is 85.8 Å². The molecule has 14 heavy (non-hydrogen) atoms. The molecule has 2 aliphatic rings. The summed E-state index contributed by atoms with van der Waals surface area (Å²) in [4.78, 5) is 11.6. The van der Waals surface area contributed by atoms with E-state index >= 15 is 0 Å². The van der Waals surface area contributed by atoms with Crippen LogP contribution in [0.3, 0.4) is 0 Å². The van der Waals surface area contributed by atoms with Gasteiger partial charge in [0.1, 0.15) is 0 Å². The quantitative estimate of drug-likeness (QED) is 0.629. The van der Waals surface area contributed by atoms with Crippen molar-refractivity contribution < 1.29 is 4.79 Å². The summed E-state index contributed by atoms with van der Waals surface area (Å²) in [5.41, 5.74) is 0. The third-order valence-corrected chi connectivity index (χ3v) is 3.48. The van der Waals surface area contributed by atoms with Gasteiger partial charge in [0.15, 0.2) is 0 Å². The molecule has 0 spiro atoms. The predicted octanol–water partition coefficient (Wildman–Crippen LogP) is 2.61. The van der Waals surface area contributed by atoms with E-state index in [0.717, 1.165) is 6.42 Å². The Kier molecular flexibility index (Phi) is 3.22. The van der Waals surface area contributed by atoms with Gasteiger partial charge < -0.3 is 5.32 Å². The summed E-state index contributed by atoms with van der Waals surface area (Å²) >= 11 is 0. The van der Waals surface area contributed by atoms with Crippen LogP contribution in [0.1, 0.15) is 44.9 Å². The van der Waals surface area contributed by atoms with Crippen LogP contribution in [0.5, 0.6) is 0 Å². The van der Waals surface area contributed by atoms with Crippen molar-refractivity contribution in [2.75, 3.05) is 0 Å². The number of hydrogen-bond donors (Lipinski definition) is 1. The van der Waals surface area contributed by atoms with E-state index in [4.69, 9.17) is 0 Å². The third-order valence-electron chi connectivity index (χ3n) is 3.48. The molecule has 78 valence electrons. The van der Waals surface area contributed by atoms with Gasteiger partial charge in [-0.05, 0) is 18.8 Å². The Morgan fingerprint density at radius 3 is 2.64 bits per heavy atom. The SMILES string of the molecule is O=C1NC=CC2CCCCCCCC12. The number of hydrogen-bond acceptors (Lipinski definition) is 1. The lowest BCUT2D eigenvalue weighted by Gasteiger charge is -2.26. The highest BCUT2D eigenvalue weighted by molar-refractivity contribution is 5.81. The molecule has 0 aromatic heterocycles. The number of amides is 1. The van der Waals surface area contributed by atoms with Gasteiger partial charge in [-0.3, -0.25) is 4.79 Å². The van der Waals surface area contributed by atoms with Crippen LogP contribution in [0.25, 0.3) is 0 Å². The number of carbonyl (C=O) groups is 1. The maximum absolute atomic E-state index is 11.6. The van der Waals surface area contributed by atoms with Crippen molar-refractivity contribution in [1.29, 1.82) is 0 Å². The average Bonchev–Trinajstić information content (AvgIpc) is 2.30. The predicted molar refractivity (Wildman–Crippen MR) is 56.6 cm³/mol. The van der Waals surface area contributed by atoms with Crippen LogP contribution in [0.4, 0.5) is 0 Å². The van der Waals surface area contributed by atoms with E-state index in [-0.39, 0.29) is 11.8 Å². The molecule has 1 amide bonds. The van der Waals surface area contributed by atoms with Gasteiger partial charge in [-0.25, -0.2) is 0 Å². The van der Waals surface area contributed by atoms with E-state index in [0.29, 0.717) is 5.92 Å². The van der Waals surface area contributed by atoms with Crippen molar-refractivity contribution in [3.8, 4) is 0 Å². The number of fused-ring (bicyclic) bond motifs is 1. The van der Waals surface area contributed by atoms with Crippen LogP contribution in [-0.4, -0.2) is 5.91 Å². The van der Waals surface area contributed by atoms with E-state index in [1.807, 2.05) is 6.20 Å². The van der Waals surface area contributed by atoms with Crippen LogP contribution in [0.15, 0.2) is 12.3 Å². The number of rotatable bonds is 0. The Bertz CT molecular complexity index is 234. The fourth-order valence-corrected chi connectivity index (χ4v) is 2.61. The minimum atomic E-state index is 0.249. The lowest BCUT2D eigenvalue weighted by molar-refractivity contribution is -0.126. The fraction of sp³-hybridized carbons (Fsp3) is 0.750. The van der Waals surface area contributed by atoms with Gasteiger partial charge in [-0.2, -0.15) is 0 Å². The minimum absolute atomic E-state index is 0.249. The first-order chi connectivity index (χ1) is 6.88. The van der Waals surface area contributed by atoms with Crippen LogP contribution < -0.4 is 5.32 Å². The normalized spacial score (nSPS) is 33.6. The molecule has 1 heterocycles. The molecule has 1 N–H and O–H groups in total. The van der Waals surface area contributed by atoms with Crippen molar-refractivity contribution in [3.63, 3.8) is 0 Å². The number of nitrogens with one attached hydrogen (secondary N) is 1. The summed E-state index contributed by atoms with van der Waals surface area (Å²) in [6.07, 6.45) is 12.8.